The Morgan fingerprint density at radius 2 is 2.04 bits per heavy atom. The predicted octanol–water partition coefficient (Wildman–Crippen LogP) is 2.84. The van der Waals surface area contributed by atoms with E-state index < -0.39 is 0 Å². The largest absolute Gasteiger partial charge is 0.494 e. The van der Waals surface area contributed by atoms with Crippen molar-refractivity contribution in [2.75, 3.05) is 6.61 Å². The van der Waals surface area contributed by atoms with Crippen LogP contribution in [-0.4, -0.2) is 42.2 Å². The van der Waals surface area contributed by atoms with E-state index in [2.05, 4.69) is 41.6 Å². The van der Waals surface area contributed by atoms with Gasteiger partial charge in [0.25, 0.3) is 0 Å². The van der Waals surface area contributed by atoms with Gasteiger partial charge < -0.3 is 9.72 Å². The van der Waals surface area contributed by atoms with Gasteiger partial charge in [-0.15, -0.1) is 10.2 Å². The predicted molar refractivity (Wildman–Crippen MR) is 100 cm³/mol. The zero-order chi connectivity index (χ0) is 18.5. The summed E-state index contributed by atoms with van der Waals surface area (Å²) in [7, 11) is 0. The molecule has 0 aliphatic heterocycles. The van der Waals surface area contributed by atoms with Crippen LogP contribution in [0, 0.1) is 0 Å². The molecule has 8 nitrogen and oxygen atoms in total. The number of imidazole rings is 1. The molecule has 136 valence electrons. The van der Waals surface area contributed by atoms with E-state index in [9.17, 15) is 0 Å². The average molecular weight is 361 g/mol. The van der Waals surface area contributed by atoms with Crippen molar-refractivity contribution in [2.45, 2.75) is 19.8 Å². The molecular formula is C19H19N7O. The van der Waals surface area contributed by atoms with Crippen molar-refractivity contribution >= 4 is 0 Å². The molecule has 27 heavy (non-hydrogen) atoms. The lowest BCUT2D eigenvalue weighted by molar-refractivity contribution is 0.336. The standard InChI is InChI=1S/C19H19N7O/c1-2-27-17-6-4-3-5-13(17)7-8-15-18(16-11-20-12-22-16)14(9-10-21-15)19-23-25-26-24-19/h3-6,9-12H,2,7-8H2,1H3,(H,20,22)(H,23,24,25,26). The molecule has 4 rings (SSSR count). The van der Waals surface area contributed by atoms with Gasteiger partial charge in [0, 0.05) is 17.3 Å². The van der Waals surface area contributed by atoms with Crippen LogP contribution in [0.4, 0.5) is 0 Å². The van der Waals surface area contributed by atoms with E-state index >= 15 is 0 Å². The first-order valence-electron chi connectivity index (χ1n) is 8.78. The molecular weight excluding hydrogens is 342 g/mol. The van der Waals surface area contributed by atoms with Crippen LogP contribution >= 0.6 is 0 Å². The minimum atomic E-state index is 0.526. The number of nitrogens with one attached hydrogen (secondary N) is 2. The summed E-state index contributed by atoms with van der Waals surface area (Å²) in [5.74, 6) is 1.44. The molecule has 2 N–H and O–H groups in total. The summed E-state index contributed by atoms with van der Waals surface area (Å²) in [6.07, 6.45) is 6.74. The number of hydrogen-bond donors (Lipinski definition) is 2. The van der Waals surface area contributed by atoms with Gasteiger partial charge in [-0.25, -0.2) is 4.98 Å². The van der Waals surface area contributed by atoms with Crippen molar-refractivity contribution in [2.24, 2.45) is 0 Å². The number of H-pyrrole nitrogens is 2. The summed E-state index contributed by atoms with van der Waals surface area (Å²) in [5, 5.41) is 14.4. The second kappa shape index (κ2) is 7.77. The second-order valence-electron chi connectivity index (χ2n) is 5.92. The smallest absolute Gasteiger partial charge is 0.205 e. The van der Waals surface area contributed by atoms with E-state index in [1.807, 2.05) is 31.2 Å². The molecule has 0 atom stereocenters. The van der Waals surface area contributed by atoms with E-state index in [4.69, 9.17) is 4.74 Å². The third-order valence-electron chi connectivity index (χ3n) is 4.29. The molecule has 0 aliphatic carbocycles. The van der Waals surface area contributed by atoms with Crippen LogP contribution < -0.4 is 4.74 Å². The van der Waals surface area contributed by atoms with Gasteiger partial charge in [-0.2, -0.15) is 5.21 Å². The summed E-state index contributed by atoms with van der Waals surface area (Å²) in [6.45, 7) is 2.63. The number of aromatic amines is 2. The first-order valence-corrected chi connectivity index (χ1v) is 8.78. The van der Waals surface area contributed by atoms with Gasteiger partial charge in [-0.3, -0.25) is 4.98 Å². The summed E-state index contributed by atoms with van der Waals surface area (Å²) in [5.41, 5.74) is 4.76. The first kappa shape index (κ1) is 16.9. The highest BCUT2D eigenvalue weighted by atomic mass is 16.5. The highest BCUT2D eigenvalue weighted by Crippen LogP contribution is 2.31. The first-order chi connectivity index (χ1) is 13.4. The molecule has 0 saturated heterocycles. The number of aromatic nitrogens is 7. The molecule has 0 fully saturated rings. The Morgan fingerprint density at radius 3 is 2.81 bits per heavy atom. The highest BCUT2D eigenvalue weighted by molar-refractivity contribution is 5.79. The van der Waals surface area contributed by atoms with Crippen LogP contribution in [0.3, 0.4) is 0 Å². The monoisotopic (exact) mass is 361 g/mol. The maximum atomic E-state index is 5.74. The van der Waals surface area contributed by atoms with Gasteiger partial charge in [0.2, 0.25) is 5.82 Å². The Hall–Kier alpha value is -3.55. The summed E-state index contributed by atoms with van der Waals surface area (Å²) < 4.78 is 5.74. The Balaban J connectivity index is 1.70. The molecule has 0 saturated carbocycles. The molecule has 8 heteroatoms. The van der Waals surface area contributed by atoms with Crippen LogP contribution in [0.15, 0.2) is 49.1 Å². The van der Waals surface area contributed by atoms with Gasteiger partial charge in [-0.05, 0) is 42.7 Å². The molecule has 0 unspecified atom stereocenters. The summed E-state index contributed by atoms with van der Waals surface area (Å²) in [6, 6.07) is 9.98. The minimum Gasteiger partial charge on any atom is -0.494 e. The lowest BCUT2D eigenvalue weighted by Crippen LogP contribution is -2.02. The quantitative estimate of drug-likeness (QED) is 0.524. The number of rotatable bonds is 7. The number of pyridine rings is 1. The van der Waals surface area contributed by atoms with Gasteiger partial charge in [0.15, 0.2) is 0 Å². The van der Waals surface area contributed by atoms with Crippen LogP contribution in [0.2, 0.25) is 0 Å². The number of para-hydroxylation sites is 1. The van der Waals surface area contributed by atoms with E-state index in [1.165, 1.54) is 0 Å². The number of ether oxygens (including phenoxy) is 1. The maximum absolute atomic E-state index is 5.74. The van der Waals surface area contributed by atoms with Crippen LogP contribution in [0.1, 0.15) is 18.2 Å². The zero-order valence-electron chi connectivity index (χ0n) is 14.9. The third kappa shape index (κ3) is 3.55. The molecule has 0 bridgehead atoms. The molecule has 3 aromatic heterocycles. The average Bonchev–Trinajstić information content (AvgIpc) is 3.41. The second-order valence-corrected chi connectivity index (χ2v) is 5.92. The molecule has 3 heterocycles. The van der Waals surface area contributed by atoms with E-state index in [0.29, 0.717) is 12.4 Å². The Labute approximate surface area is 156 Å². The Kier molecular flexibility index (Phi) is 4.86. The topological polar surface area (TPSA) is 105 Å². The lowest BCUT2D eigenvalue weighted by Gasteiger charge is -2.13. The fourth-order valence-electron chi connectivity index (χ4n) is 3.11. The molecule has 0 radical (unpaired) electrons. The van der Waals surface area contributed by atoms with Crippen molar-refractivity contribution in [3.8, 4) is 28.4 Å². The Bertz CT molecular complexity index is 997. The summed E-state index contributed by atoms with van der Waals surface area (Å²) >= 11 is 0. The molecule has 4 aromatic rings. The van der Waals surface area contributed by atoms with Gasteiger partial charge in [-0.1, -0.05) is 18.2 Å². The third-order valence-corrected chi connectivity index (χ3v) is 4.29. The van der Waals surface area contributed by atoms with Crippen molar-refractivity contribution in [1.82, 2.24) is 35.6 Å². The number of tetrazole rings is 1. The Morgan fingerprint density at radius 1 is 1.11 bits per heavy atom. The molecule has 0 spiro atoms. The van der Waals surface area contributed by atoms with Crippen LogP contribution in [-0.2, 0) is 12.8 Å². The van der Waals surface area contributed by atoms with Crippen molar-refractivity contribution < 1.29 is 4.74 Å². The summed E-state index contributed by atoms with van der Waals surface area (Å²) in [4.78, 5) is 11.9. The molecule has 0 aliphatic rings. The fraction of sp³-hybridized carbons (Fsp3) is 0.211. The van der Waals surface area contributed by atoms with Gasteiger partial charge in [0.1, 0.15) is 5.75 Å². The SMILES string of the molecule is CCOc1ccccc1CCc1nccc(-c2nn[nH]n2)c1-c1cnc[nH]1. The van der Waals surface area contributed by atoms with Crippen molar-refractivity contribution in [3.05, 3.63) is 60.3 Å². The van der Waals surface area contributed by atoms with Gasteiger partial charge in [0.05, 0.1) is 30.5 Å². The number of aryl methyl sites for hydroxylation is 2. The van der Waals surface area contributed by atoms with E-state index in [0.717, 1.165) is 46.7 Å². The van der Waals surface area contributed by atoms with Crippen molar-refractivity contribution in [1.29, 1.82) is 0 Å². The lowest BCUT2D eigenvalue weighted by atomic mass is 9.98. The zero-order valence-corrected chi connectivity index (χ0v) is 14.9. The van der Waals surface area contributed by atoms with Gasteiger partial charge >= 0.3 is 0 Å². The fourth-order valence-corrected chi connectivity index (χ4v) is 3.11. The molecule has 0 amide bonds. The number of nitrogens with zero attached hydrogens (tertiary/aromatic N) is 5. The van der Waals surface area contributed by atoms with E-state index in [-0.39, 0.29) is 0 Å². The number of benzene rings is 1. The van der Waals surface area contributed by atoms with Crippen LogP contribution in [0.25, 0.3) is 22.6 Å². The molecule has 1 aromatic carbocycles. The van der Waals surface area contributed by atoms with E-state index in [1.54, 1.807) is 18.7 Å². The maximum Gasteiger partial charge on any atom is 0.205 e. The highest BCUT2D eigenvalue weighted by Gasteiger charge is 2.18. The van der Waals surface area contributed by atoms with Crippen molar-refractivity contribution in [3.63, 3.8) is 0 Å². The number of hydrogen-bond acceptors (Lipinski definition) is 6. The minimum absolute atomic E-state index is 0.526. The normalized spacial score (nSPS) is 10.9. The van der Waals surface area contributed by atoms with Crippen LogP contribution in [0.5, 0.6) is 5.75 Å².